The van der Waals surface area contributed by atoms with Crippen molar-refractivity contribution >= 4 is 17.7 Å². The SMILES string of the molecule is C=C(CC)C(C#Cc1ccc(CN2CCN(CC)CC2)cc1)(CN1Cc2ccc(OC)c(F)c2C1=O)C(=O)NC(C)=O. The fourth-order valence-corrected chi connectivity index (χ4v) is 5.46. The molecule has 2 aromatic rings. The van der Waals surface area contributed by atoms with E-state index in [0.29, 0.717) is 23.1 Å². The molecule has 222 valence electrons. The summed E-state index contributed by atoms with van der Waals surface area (Å²) in [4.78, 5) is 45.2. The Labute approximate surface area is 247 Å². The molecular weight excluding hydrogens is 535 g/mol. The number of halogens is 1. The summed E-state index contributed by atoms with van der Waals surface area (Å²) in [5.41, 5.74) is 1.10. The first-order valence-corrected chi connectivity index (χ1v) is 14.3. The van der Waals surface area contributed by atoms with Crippen LogP contribution in [0.25, 0.3) is 0 Å². The van der Waals surface area contributed by atoms with Crippen molar-refractivity contribution in [2.24, 2.45) is 5.41 Å². The van der Waals surface area contributed by atoms with Crippen LogP contribution in [-0.2, 0) is 22.7 Å². The van der Waals surface area contributed by atoms with E-state index in [1.54, 1.807) is 6.07 Å². The third-order valence-electron chi connectivity index (χ3n) is 8.10. The molecule has 3 amide bonds. The van der Waals surface area contributed by atoms with E-state index in [4.69, 9.17) is 4.74 Å². The lowest BCUT2D eigenvalue weighted by atomic mass is 9.78. The maximum Gasteiger partial charge on any atom is 0.257 e. The Hall–Kier alpha value is -4.00. The van der Waals surface area contributed by atoms with E-state index in [1.807, 2.05) is 31.2 Å². The van der Waals surface area contributed by atoms with E-state index in [-0.39, 0.29) is 24.4 Å². The Balaban J connectivity index is 1.61. The molecule has 2 aromatic carbocycles. The lowest BCUT2D eigenvalue weighted by Gasteiger charge is -2.34. The molecule has 4 rings (SSSR count). The van der Waals surface area contributed by atoms with E-state index >= 15 is 4.39 Å². The molecule has 0 bridgehead atoms. The molecule has 1 atom stereocenters. The van der Waals surface area contributed by atoms with Crippen molar-refractivity contribution < 1.29 is 23.5 Å². The van der Waals surface area contributed by atoms with Crippen LogP contribution in [0.4, 0.5) is 4.39 Å². The number of rotatable bonds is 9. The molecule has 0 aliphatic carbocycles. The van der Waals surface area contributed by atoms with Crippen LogP contribution in [0.3, 0.4) is 0 Å². The van der Waals surface area contributed by atoms with Crippen molar-refractivity contribution in [3.8, 4) is 17.6 Å². The largest absolute Gasteiger partial charge is 0.494 e. The van der Waals surface area contributed by atoms with Crippen LogP contribution in [0.2, 0.25) is 0 Å². The van der Waals surface area contributed by atoms with Gasteiger partial charge >= 0.3 is 0 Å². The fraction of sp³-hybridized carbons (Fsp3) is 0.424. The first-order valence-electron chi connectivity index (χ1n) is 14.3. The molecule has 2 heterocycles. The Morgan fingerprint density at radius 3 is 2.33 bits per heavy atom. The van der Waals surface area contributed by atoms with E-state index in [0.717, 1.165) is 39.3 Å². The number of methoxy groups -OCH3 is 1. The maximum atomic E-state index is 15.0. The quantitative estimate of drug-likeness (QED) is 0.364. The second-order valence-electron chi connectivity index (χ2n) is 10.8. The fourth-order valence-electron chi connectivity index (χ4n) is 5.46. The number of carbonyl (C=O) groups is 3. The van der Waals surface area contributed by atoms with Gasteiger partial charge in [0.25, 0.3) is 11.8 Å². The number of nitrogens with zero attached hydrogens (tertiary/aromatic N) is 3. The van der Waals surface area contributed by atoms with E-state index in [9.17, 15) is 14.4 Å². The molecule has 0 radical (unpaired) electrons. The average Bonchev–Trinajstić information content (AvgIpc) is 3.30. The topological polar surface area (TPSA) is 82.2 Å². The van der Waals surface area contributed by atoms with Crippen LogP contribution >= 0.6 is 0 Å². The molecule has 1 N–H and O–H groups in total. The minimum atomic E-state index is -1.60. The molecule has 1 saturated heterocycles. The number of carbonyl (C=O) groups excluding carboxylic acids is 3. The van der Waals surface area contributed by atoms with Crippen LogP contribution in [-0.4, -0.2) is 78.8 Å². The molecule has 1 unspecified atom stereocenters. The van der Waals surface area contributed by atoms with Gasteiger partial charge in [-0.05, 0) is 47.9 Å². The normalized spacial score (nSPS) is 16.7. The highest BCUT2D eigenvalue weighted by atomic mass is 19.1. The van der Waals surface area contributed by atoms with E-state index in [2.05, 4.69) is 40.5 Å². The Bertz CT molecular complexity index is 1420. The number of amides is 3. The van der Waals surface area contributed by atoms with E-state index in [1.165, 1.54) is 30.6 Å². The summed E-state index contributed by atoms with van der Waals surface area (Å²) in [5.74, 6) is 3.62. The van der Waals surface area contributed by atoms with Crippen molar-refractivity contribution in [2.75, 3.05) is 46.4 Å². The highest BCUT2D eigenvalue weighted by Gasteiger charge is 2.45. The Morgan fingerprint density at radius 2 is 1.74 bits per heavy atom. The third kappa shape index (κ3) is 6.56. The predicted molar refractivity (Wildman–Crippen MR) is 159 cm³/mol. The van der Waals surface area contributed by atoms with Crippen LogP contribution < -0.4 is 10.1 Å². The highest BCUT2D eigenvalue weighted by molar-refractivity contribution is 6.02. The number of hydrogen-bond donors (Lipinski definition) is 1. The summed E-state index contributed by atoms with van der Waals surface area (Å²) >= 11 is 0. The summed E-state index contributed by atoms with van der Waals surface area (Å²) < 4.78 is 20.1. The molecule has 0 saturated carbocycles. The van der Waals surface area contributed by atoms with Gasteiger partial charge in [-0.15, -0.1) is 0 Å². The first kappa shape index (κ1) is 30.9. The average molecular weight is 575 g/mol. The molecule has 1 fully saturated rings. The van der Waals surface area contributed by atoms with Gasteiger partial charge in [0.05, 0.1) is 19.2 Å². The van der Waals surface area contributed by atoms with Gasteiger partial charge in [-0.1, -0.05) is 50.5 Å². The standard InChI is InChI=1S/C33H39FN4O4/c1-6-23(3)33(32(41)35-24(4)39,22-38-21-27-12-13-28(42-5)30(34)29(27)31(38)40)15-14-25-8-10-26(11-9-25)20-37-18-16-36(7-2)17-19-37/h8-13H,3,6-7,16-22H2,1-2,4-5H3,(H,35,39,41). The molecule has 0 aromatic heterocycles. The number of fused-ring (bicyclic) bond motifs is 1. The van der Waals surface area contributed by atoms with Crippen LogP contribution in [0.5, 0.6) is 5.75 Å². The lowest BCUT2D eigenvalue weighted by molar-refractivity contribution is -0.133. The number of benzene rings is 2. The van der Waals surface area contributed by atoms with Crippen molar-refractivity contribution in [1.29, 1.82) is 0 Å². The van der Waals surface area contributed by atoms with Crippen LogP contribution in [0.1, 0.15) is 54.2 Å². The minimum absolute atomic E-state index is 0.0334. The molecule has 2 aliphatic heterocycles. The summed E-state index contributed by atoms with van der Waals surface area (Å²) in [6, 6.07) is 11.0. The Morgan fingerprint density at radius 1 is 1.07 bits per heavy atom. The molecule has 9 heteroatoms. The van der Waals surface area contributed by atoms with Crippen molar-refractivity contribution in [1.82, 2.24) is 20.0 Å². The van der Waals surface area contributed by atoms with Gasteiger partial charge in [-0.2, -0.15) is 0 Å². The summed E-state index contributed by atoms with van der Waals surface area (Å²) in [7, 11) is 1.33. The number of ether oxygens (including phenoxy) is 1. The van der Waals surface area contributed by atoms with Gasteiger partial charge in [0.2, 0.25) is 5.91 Å². The molecule has 8 nitrogen and oxygen atoms in total. The van der Waals surface area contributed by atoms with Crippen molar-refractivity contribution in [2.45, 2.75) is 40.3 Å². The summed E-state index contributed by atoms with van der Waals surface area (Å²) in [6.45, 7) is 15.4. The summed E-state index contributed by atoms with van der Waals surface area (Å²) in [6.07, 6.45) is 0.376. The van der Waals surface area contributed by atoms with Crippen molar-refractivity contribution in [3.05, 3.63) is 76.6 Å². The number of nitrogens with one attached hydrogen (secondary N) is 1. The van der Waals surface area contributed by atoms with Gasteiger partial charge in [0.1, 0.15) is 5.41 Å². The molecular formula is C33H39FN4O4. The van der Waals surface area contributed by atoms with E-state index < -0.39 is 29.0 Å². The first-order chi connectivity index (χ1) is 20.1. The molecule has 2 aliphatic rings. The number of hydrogen-bond acceptors (Lipinski definition) is 6. The maximum absolute atomic E-state index is 15.0. The van der Waals surface area contributed by atoms with Crippen molar-refractivity contribution in [3.63, 3.8) is 0 Å². The zero-order valence-corrected chi connectivity index (χ0v) is 24.9. The highest BCUT2D eigenvalue weighted by Crippen LogP contribution is 2.36. The second kappa shape index (κ2) is 13.3. The predicted octanol–water partition coefficient (Wildman–Crippen LogP) is 3.59. The molecule has 42 heavy (non-hydrogen) atoms. The minimum Gasteiger partial charge on any atom is -0.494 e. The van der Waals surface area contributed by atoms with Gasteiger partial charge in [-0.3, -0.25) is 24.6 Å². The van der Waals surface area contributed by atoms with Gasteiger partial charge in [0, 0.05) is 51.8 Å². The Kier molecular flexibility index (Phi) is 9.81. The van der Waals surface area contributed by atoms with Gasteiger partial charge in [0.15, 0.2) is 11.6 Å². The number of imide groups is 1. The smallest absolute Gasteiger partial charge is 0.257 e. The zero-order chi connectivity index (χ0) is 30.4. The second-order valence-corrected chi connectivity index (χ2v) is 10.8. The zero-order valence-electron chi connectivity index (χ0n) is 24.9. The summed E-state index contributed by atoms with van der Waals surface area (Å²) in [5, 5.41) is 2.35. The lowest BCUT2D eigenvalue weighted by Crippen LogP contribution is -2.50. The van der Waals surface area contributed by atoms with Gasteiger partial charge in [-0.25, -0.2) is 4.39 Å². The van der Waals surface area contributed by atoms with Gasteiger partial charge < -0.3 is 14.5 Å². The third-order valence-corrected chi connectivity index (χ3v) is 8.10. The number of piperazine rings is 1. The van der Waals surface area contributed by atoms with Crippen LogP contribution in [0, 0.1) is 23.1 Å². The number of likely N-dealkylation sites (N-methyl/N-ethyl adjacent to an activating group) is 1. The molecule has 0 spiro atoms. The monoisotopic (exact) mass is 574 g/mol. The van der Waals surface area contributed by atoms with Crippen LogP contribution in [0.15, 0.2) is 48.6 Å².